The third-order valence-electron chi connectivity index (χ3n) is 6.57. The summed E-state index contributed by atoms with van der Waals surface area (Å²) < 4.78 is 32.6. The molecule has 1 fully saturated rings. The minimum atomic E-state index is -3.68. The summed E-state index contributed by atoms with van der Waals surface area (Å²) in [4.78, 5) is 28.7. The van der Waals surface area contributed by atoms with Crippen LogP contribution in [-0.2, 0) is 26.0 Å². The number of thiophene rings is 1. The lowest BCUT2D eigenvalue weighted by Crippen LogP contribution is -2.47. The van der Waals surface area contributed by atoms with Gasteiger partial charge in [0.25, 0.3) is 0 Å². The van der Waals surface area contributed by atoms with Gasteiger partial charge in [0.15, 0.2) is 0 Å². The molecule has 1 atom stereocenters. The number of carbonyl (C=O) groups is 2. The van der Waals surface area contributed by atoms with Gasteiger partial charge in [-0.2, -0.15) is 4.31 Å². The Morgan fingerprint density at radius 2 is 1.76 bits per heavy atom. The molecule has 178 valence electrons. The second-order valence-corrected chi connectivity index (χ2v) is 11.4. The van der Waals surface area contributed by atoms with Crippen LogP contribution in [0.25, 0.3) is 0 Å². The van der Waals surface area contributed by atoms with Crippen molar-refractivity contribution in [3.8, 4) is 0 Å². The summed E-state index contributed by atoms with van der Waals surface area (Å²) in [5.74, 6) is -0.482. The molecule has 0 bridgehead atoms. The number of rotatable bonds is 6. The summed E-state index contributed by atoms with van der Waals surface area (Å²) in [6.07, 6.45) is 2.81. The van der Waals surface area contributed by atoms with Crippen molar-refractivity contribution in [2.75, 3.05) is 26.2 Å². The third-order valence-corrected chi connectivity index (χ3v) is 9.48. The van der Waals surface area contributed by atoms with Gasteiger partial charge in [0.2, 0.25) is 15.9 Å². The lowest BCUT2D eigenvalue weighted by atomic mass is 9.92. The number of benzene rings is 1. The van der Waals surface area contributed by atoms with Gasteiger partial charge in [0, 0.05) is 30.4 Å². The Bertz CT molecular complexity index is 1100. The average Bonchev–Trinajstić information content (AvgIpc) is 3.32. The van der Waals surface area contributed by atoms with Crippen molar-refractivity contribution in [2.45, 2.75) is 50.5 Å². The Morgan fingerprint density at radius 1 is 1.06 bits per heavy atom. The van der Waals surface area contributed by atoms with E-state index in [4.69, 9.17) is 4.74 Å². The van der Waals surface area contributed by atoms with Crippen LogP contribution in [0.15, 0.2) is 40.6 Å². The van der Waals surface area contributed by atoms with Crippen LogP contribution in [0.3, 0.4) is 0 Å². The Labute approximate surface area is 199 Å². The van der Waals surface area contributed by atoms with Crippen molar-refractivity contribution in [1.29, 1.82) is 0 Å². The summed E-state index contributed by atoms with van der Waals surface area (Å²) >= 11 is 1.76. The highest BCUT2D eigenvalue weighted by Gasteiger charge is 2.37. The Morgan fingerprint density at radius 3 is 2.39 bits per heavy atom. The first-order valence-electron chi connectivity index (χ1n) is 11.5. The van der Waals surface area contributed by atoms with Gasteiger partial charge in [0.05, 0.1) is 23.1 Å². The lowest BCUT2D eigenvalue weighted by molar-refractivity contribution is -0.139. The van der Waals surface area contributed by atoms with Crippen LogP contribution >= 0.6 is 11.3 Å². The quantitative estimate of drug-likeness (QED) is 0.574. The van der Waals surface area contributed by atoms with E-state index < -0.39 is 16.0 Å². The van der Waals surface area contributed by atoms with Gasteiger partial charge in [-0.05, 0) is 73.9 Å². The second kappa shape index (κ2) is 9.95. The molecule has 4 rings (SSSR count). The first-order chi connectivity index (χ1) is 15.9. The van der Waals surface area contributed by atoms with Crippen molar-refractivity contribution < 1.29 is 22.7 Å². The molecule has 33 heavy (non-hydrogen) atoms. The fraction of sp³-hybridized carbons (Fsp3) is 0.500. The van der Waals surface area contributed by atoms with Crippen molar-refractivity contribution >= 4 is 33.2 Å². The van der Waals surface area contributed by atoms with Gasteiger partial charge in [-0.25, -0.2) is 13.2 Å². The van der Waals surface area contributed by atoms with E-state index in [9.17, 15) is 18.0 Å². The van der Waals surface area contributed by atoms with Crippen LogP contribution < -0.4 is 0 Å². The molecule has 3 heterocycles. The van der Waals surface area contributed by atoms with Crippen molar-refractivity contribution in [3.05, 3.63) is 51.7 Å². The molecule has 2 aliphatic rings. The number of nitrogens with zero attached hydrogens (tertiary/aromatic N) is 2. The molecule has 2 aromatic rings. The maximum Gasteiger partial charge on any atom is 0.338 e. The first-order valence-corrected chi connectivity index (χ1v) is 13.8. The molecule has 1 amide bonds. The second-order valence-electron chi connectivity index (χ2n) is 8.43. The first kappa shape index (κ1) is 23.9. The van der Waals surface area contributed by atoms with Gasteiger partial charge >= 0.3 is 5.97 Å². The van der Waals surface area contributed by atoms with Crippen molar-refractivity contribution in [2.24, 2.45) is 5.92 Å². The molecule has 1 aromatic carbocycles. The topological polar surface area (TPSA) is 84.0 Å². The normalized spacial score (nSPS) is 19.8. The zero-order valence-corrected chi connectivity index (χ0v) is 20.7. The summed E-state index contributed by atoms with van der Waals surface area (Å²) in [6.45, 7) is 5.45. The zero-order valence-electron chi connectivity index (χ0n) is 19.0. The third kappa shape index (κ3) is 4.72. The molecule has 0 spiro atoms. The minimum Gasteiger partial charge on any atom is -0.462 e. The number of fused-ring (bicyclic) bond motifs is 1. The molecule has 0 N–H and O–H groups in total. The number of sulfonamides is 1. The fourth-order valence-electron chi connectivity index (χ4n) is 4.80. The maximum atomic E-state index is 13.4. The molecule has 0 radical (unpaired) electrons. The summed E-state index contributed by atoms with van der Waals surface area (Å²) in [6, 6.07) is 8.08. The monoisotopic (exact) mass is 490 g/mol. The maximum absolute atomic E-state index is 13.4. The van der Waals surface area contributed by atoms with Gasteiger partial charge < -0.3 is 9.64 Å². The fourth-order valence-corrected chi connectivity index (χ4v) is 7.20. The average molecular weight is 491 g/mol. The molecular weight excluding hydrogens is 460 g/mol. The lowest BCUT2D eigenvalue weighted by Gasteiger charge is -2.39. The predicted molar refractivity (Wildman–Crippen MR) is 127 cm³/mol. The summed E-state index contributed by atoms with van der Waals surface area (Å²) in [5, 5.41) is 2.10. The van der Waals surface area contributed by atoms with E-state index in [1.807, 2.05) is 4.90 Å². The molecule has 2 aliphatic heterocycles. The molecule has 1 aromatic heterocycles. The van der Waals surface area contributed by atoms with E-state index in [1.54, 1.807) is 18.3 Å². The van der Waals surface area contributed by atoms with E-state index in [1.165, 1.54) is 39.0 Å². The van der Waals surface area contributed by atoms with Gasteiger partial charge in [-0.3, -0.25) is 4.79 Å². The Balaban J connectivity index is 1.40. The predicted octanol–water partition coefficient (Wildman–Crippen LogP) is 3.86. The van der Waals surface area contributed by atoms with E-state index in [2.05, 4.69) is 18.4 Å². The van der Waals surface area contributed by atoms with Crippen molar-refractivity contribution in [3.63, 3.8) is 0 Å². The molecule has 1 saturated heterocycles. The van der Waals surface area contributed by atoms with Crippen LogP contribution in [-0.4, -0.2) is 55.7 Å². The molecular formula is C24H30N2O5S2. The largest absolute Gasteiger partial charge is 0.462 e. The van der Waals surface area contributed by atoms with E-state index >= 15 is 0 Å². The SMILES string of the molecule is CCOC(=O)c1ccc(S(=O)(=O)N2CCC(C(=O)N3CCc4sccc4C3CC)CC2)cc1. The summed E-state index contributed by atoms with van der Waals surface area (Å²) in [5.41, 5.74) is 1.59. The number of esters is 1. The minimum absolute atomic E-state index is 0.118. The van der Waals surface area contributed by atoms with Crippen LogP contribution in [0.4, 0.5) is 0 Å². The highest BCUT2D eigenvalue weighted by Crippen LogP contribution is 2.37. The highest BCUT2D eigenvalue weighted by atomic mass is 32.2. The Kier molecular flexibility index (Phi) is 7.21. The number of carbonyl (C=O) groups excluding carboxylic acids is 2. The van der Waals surface area contributed by atoms with Crippen LogP contribution in [0.2, 0.25) is 0 Å². The molecule has 0 aliphatic carbocycles. The zero-order chi connectivity index (χ0) is 23.6. The molecule has 0 saturated carbocycles. The summed E-state index contributed by atoms with van der Waals surface area (Å²) in [7, 11) is -3.68. The van der Waals surface area contributed by atoms with Crippen LogP contribution in [0.5, 0.6) is 0 Å². The standard InChI is InChI=1S/C24H30N2O5S2/c1-3-21-20-12-16-32-22(20)11-15-26(21)23(27)17-9-13-25(14-10-17)33(29,30)19-7-5-18(6-8-19)24(28)31-4-2/h5-8,12,16-17,21H,3-4,9-11,13-15H2,1-2H3. The van der Waals surface area contributed by atoms with Crippen LogP contribution in [0, 0.1) is 5.92 Å². The van der Waals surface area contributed by atoms with E-state index in [0.717, 1.165) is 19.4 Å². The molecule has 9 heteroatoms. The molecule has 7 nitrogen and oxygen atoms in total. The smallest absolute Gasteiger partial charge is 0.338 e. The van der Waals surface area contributed by atoms with E-state index in [0.29, 0.717) is 31.5 Å². The number of piperidine rings is 1. The number of ether oxygens (including phenoxy) is 1. The number of amides is 1. The highest BCUT2D eigenvalue weighted by molar-refractivity contribution is 7.89. The van der Waals surface area contributed by atoms with Gasteiger partial charge in [0.1, 0.15) is 0 Å². The van der Waals surface area contributed by atoms with E-state index in [-0.39, 0.29) is 29.4 Å². The van der Waals surface area contributed by atoms with Gasteiger partial charge in [-0.1, -0.05) is 6.92 Å². The number of hydrogen-bond acceptors (Lipinski definition) is 6. The van der Waals surface area contributed by atoms with Gasteiger partial charge in [-0.15, -0.1) is 11.3 Å². The molecule has 1 unspecified atom stereocenters. The van der Waals surface area contributed by atoms with Crippen LogP contribution in [0.1, 0.15) is 60.0 Å². The Hall–Kier alpha value is -2.23. The number of hydrogen-bond donors (Lipinski definition) is 0. The van der Waals surface area contributed by atoms with Crippen molar-refractivity contribution in [1.82, 2.24) is 9.21 Å².